The maximum absolute atomic E-state index is 7.50. The van der Waals surface area contributed by atoms with Gasteiger partial charge in [-0.05, 0) is 36.4 Å². The van der Waals surface area contributed by atoms with Gasteiger partial charge >= 0.3 is 22.6 Å². The molecule has 0 aliphatic rings. The van der Waals surface area contributed by atoms with Crippen LogP contribution in [0.5, 0.6) is 0 Å². The van der Waals surface area contributed by atoms with E-state index in [-0.39, 0.29) is 17.1 Å². The van der Waals surface area contributed by atoms with E-state index in [1.54, 1.807) is 0 Å². The SMILES string of the molecule is [C-]#[O+].[C-]#[O+].[Mn].c1ccc([PH+](c2ccccc2)c2ccccc2)cc1.c1ccc2c(c1)cc1cccc[c-]12. The van der Waals surface area contributed by atoms with E-state index in [2.05, 4.69) is 159 Å². The molecule has 0 amide bonds. The van der Waals surface area contributed by atoms with Gasteiger partial charge in [-0.15, -0.1) is 41.8 Å². The van der Waals surface area contributed by atoms with E-state index in [4.69, 9.17) is 9.30 Å². The van der Waals surface area contributed by atoms with Crippen molar-refractivity contribution in [1.82, 2.24) is 0 Å². The van der Waals surface area contributed by atoms with E-state index in [0.717, 1.165) is 0 Å². The topological polar surface area (TPSA) is 39.8 Å². The van der Waals surface area contributed by atoms with Gasteiger partial charge in [0, 0.05) is 17.1 Å². The summed E-state index contributed by atoms with van der Waals surface area (Å²) < 4.78 is 15.0. The van der Waals surface area contributed by atoms with Gasteiger partial charge in [0.25, 0.3) is 0 Å². The fourth-order valence-electron chi connectivity index (χ4n) is 4.22. The normalized spacial score (nSPS) is 9.43. The average Bonchev–Trinajstić information content (AvgIpc) is 3.36. The van der Waals surface area contributed by atoms with Crippen molar-refractivity contribution in [2.24, 2.45) is 0 Å². The average molecular weight is 539 g/mol. The van der Waals surface area contributed by atoms with Crippen molar-refractivity contribution in [3.63, 3.8) is 0 Å². The Balaban J connectivity index is 0.000000234. The number of fused-ring (bicyclic) bond motifs is 3. The summed E-state index contributed by atoms with van der Waals surface area (Å²) in [6.45, 7) is 9.00. The molecule has 37 heavy (non-hydrogen) atoms. The van der Waals surface area contributed by atoms with Crippen LogP contribution in [0.15, 0.2) is 146 Å². The summed E-state index contributed by atoms with van der Waals surface area (Å²) in [4.78, 5) is 0. The molecule has 0 unspecified atom stereocenters. The van der Waals surface area contributed by atoms with E-state index in [9.17, 15) is 0 Å². The number of hydrogen-bond donors (Lipinski definition) is 0. The first-order valence-electron chi connectivity index (χ1n) is 11.4. The van der Waals surface area contributed by atoms with Crippen LogP contribution in [0.3, 0.4) is 0 Å². The Morgan fingerprint density at radius 2 is 0.892 bits per heavy atom. The third kappa shape index (κ3) is 7.69. The zero-order valence-electron chi connectivity index (χ0n) is 20.1. The zero-order chi connectivity index (χ0) is 25.6. The molecule has 0 aliphatic carbocycles. The molecular weight excluding hydrogens is 514 g/mol. The summed E-state index contributed by atoms with van der Waals surface area (Å²) in [7, 11) is -0.877. The molecule has 0 atom stereocenters. The van der Waals surface area contributed by atoms with Gasteiger partial charge in [-0.25, -0.2) is 0 Å². The van der Waals surface area contributed by atoms with Crippen LogP contribution in [-0.4, -0.2) is 0 Å². The Labute approximate surface area is 230 Å². The van der Waals surface area contributed by atoms with Crippen LogP contribution >= 0.6 is 7.92 Å². The molecule has 0 aromatic heterocycles. The standard InChI is InChI=1S/C18H15P.C13H9.2CO.Mn/c1-4-10-16(11-5-1)19(17-12-6-2-7-13-17)18-14-8-3-9-15-18;1-3-7-12-10(5-1)9-11-6-2-4-8-13(11)12;2*1-2;/h1-15H;1-9H;;;/q;-1;;;/p+1. The summed E-state index contributed by atoms with van der Waals surface area (Å²) in [5.74, 6) is 0. The Hall–Kier alpha value is -3.60. The smallest absolute Gasteiger partial charge is 0.102 e. The second-order valence-corrected chi connectivity index (χ2v) is 10.3. The van der Waals surface area contributed by atoms with Crippen LogP contribution in [0.25, 0.3) is 21.5 Å². The van der Waals surface area contributed by atoms with Crippen LogP contribution in [-0.2, 0) is 26.4 Å². The summed E-state index contributed by atoms with van der Waals surface area (Å²) in [6, 6.07) is 51.8. The second-order valence-electron chi connectivity index (χ2n) is 7.79. The largest absolute Gasteiger partial charge is 0.128 e. The Morgan fingerprint density at radius 1 is 0.486 bits per heavy atom. The van der Waals surface area contributed by atoms with Crippen LogP contribution in [0, 0.1) is 13.3 Å². The molecule has 4 heteroatoms. The van der Waals surface area contributed by atoms with E-state index < -0.39 is 7.92 Å². The molecule has 1 radical (unpaired) electrons. The van der Waals surface area contributed by atoms with Gasteiger partial charge < -0.3 is 0 Å². The number of rotatable bonds is 3. The molecule has 0 spiro atoms. The van der Waals surface area contributed by atoms with Crippen molar-refractivity contribution < 1.29 is 26.4 Å². The predicted molar refractivity (Wildman–Crippen MR) is 151 cm³/mol. The van der Waals surface area contributed by atoms with Gasteiger partial charge in [-0.2, -0.15) is 0 Å². The van der Waals surface area contributed by atoms with E-state index >= 15 is 0 Å². The van der Waals surface area contributed by atoms with Gasteiger partial charge in [0.05, 0.1) is 7.92 Å². The molecule has 6 aromatic rings. The molecule has 0 heterocycles. The minimum absolute atomic E-state index is 0. The van der Waals surface area contributed by atoms with Crippen molar-refractivity contribution >= 4 is 45.4 Å². The van der Waals surface area contributed by atoms with Crippen molar-refractivity contribution in [2.45, 2.75) is 0 Å². The van der Waals surface area contributed by atoms with Gasteiger partial charge in [0.15, 0.2) is 0 Å². The summed E-state index contributed by atoms with van der Waals surface area (Å²) in [5.41, 5.74) is 0. The first-order chi connectivity index (χ1) is 17.9. The van der Waals surface area contributed by atoms with Crippen molar-refractivity contribution in [1.29, 1.82) is 0 Å². The fraction of sp³-hybridized carbons (Fsp3) is 0. The van der Waals surface area contributed by atoms with Gasteiger partial charge in [0.1, 0.15) is 15.9 Å². The summed E-state index contributed by atoms with van der Waals surface area (Å²) >= 11 is 0. The van der Waals surface area contributed by atoms with Crippen molar-refractivity contribution in [2.75, 3.05) is 0 Å². The fourth-order valence-corrected chi connectivity index (χ4v) is 6.80. The molecule has 0 aliphatic heterocycles. The van der Waals surface area contributed by atoms with Crippen LogP contribution in [0.4, 0.5) is 0 Å². The molecular formula is C33H25MnO2P. The molecule has 6 aromatic carbocycles. The molecule has 0 fully saturated rings. The van der Waals surface area contributed by atoms with Gasteiger partial charge in [-0.1, -0.05) is 89.0 Å². The zero-order valence-corrected chi connectivity index (χ0v) is 22.2. The molecule has 2 nitrogen and oxygen atoms in total. The molecule has 0 saturated heterocycles. The quantitative estimate of drug-likeness (QED) is 0.103. The Morgan fingerprint density at radius 3 is 1.38 bits per heavy atom. The first kappa shape index (κ1) is 29.6. The third-order valence-corrected chi connectivity index (χ3v) is 8.44. The first-order valence-corrected chi connectivity index (χ1v) is 12.9. The van der Waals surface area contributed by atoms with Gasteiger partial charge in [0.2, 0.25) is 0 Å². The van der Waals surface area contributed by atoms with Gasteiger partial charge in [-0.3, -0.25) is 0 Å². The van der Waals surface area contributed by atoms with E-state index in [1.165, 1.54) is 37.5 Å². The molecule has 0 N–H and O–H groups in total. The second kappa shape index (κ2) is 16.2. The molecule has 181 valence electrons. The molecule has 0 saturated carbocycles. The van der Waals surface area contributed by atoms with Crippen LogP contribution in [0.2, 0.25) is 0 Å². The molecule has 6 rings (SSSR count). The third-order valence-electron chi connectivity index (χ3n) is 5.71. The maximum Gasteiger partial charge on any atom is 0.102 e. The minimum atomic E-state index is -0.877. The minimum Gasteiger partial charge on any atom is -0.128 e. The Kier molecular flexibility index (Phi) is 13.0. The van der Waals surface area contributed by atoms with Crippen LogP contribution in [0.1, 0.15) is 0 Å². The number of hydrogen-bond acceptors (Lipinski definition) is 0. The summed E-state index contributed by atoms with van der Waals surface area (Å²) in [6.07, 6.45) is 0. The number of benzene rings is 5. The predicted octanol–water partition coefficient (Wildman–Crippen LogP) is 6.81. The Bertz CT molecular complexity index is 1360. The van der Waals surface area contributed by atoms with Crippen molar-refractivity contribution in [3.05, 3.63) is 159 Å². The van der Waals surface area contributed by atoms with E-state index in [1.807, 2.05) is 0 Å². The van der Waals surface area contributed by atoms with Crippen LogP contribution < -0.4 is 15.9 Å². The molecule has 0 bridgehead atoms. The maximum atomic E-state index is 7.50. The van der Waals surface area contributed by atoms with E-state index in [0.29, 0.717) is 0 Å². The monoisotopic (exact) mass is 539 g/mol. The van der Waals surface area contributed by atoms with Crippen molar-refractivity contribution in [3.8, 4) is 0 Å². The summed E-state index contributed by atoms with van der Waals surface area (Å²) in [5, 5.41) is 9.70.